The lowest BCUT2D eigenvalue weighted by atomic mass is 9.96. The van der Waals surface area contributed by atoms with E-state index < -0.39 is 0 Å². The zero-order valence-electron chi connectivity index (χ0n) is 14.0. The van der Waals surface area contributed by atoms with Crippen molar-refractivity contribution in [2.24, 2.45) is 5.92 Å². The second-order valence-corrected chi connectivity index (χ2v) is 6.71. The van der Waals surface area contributed by atoms with Crippen LogP contribution in [0.2, 0.25) is 0 Å². The third-order valence-electron chi connectivity index (χ3n) is 4.55. The van der Waals surface area contributed by atoms with Gasteiger partial charge in [0.1, 0.15) is 5.75 Å². The van der Waals surface area contributed by atoms with E-state index in [9.17, 15) is 5.11 Å². The molecule has 3 nitrogen and oxygen atoms in total. The van der Waals surface area contributed by atoms with Gasteiger partial charge in [-0.05, 0) is 30.9 Å². The lowest BCUT2D eigenvalue weighted by Gasteiger charge is -2.14. The number of aromatic nitrogens is 2. The summed E-state index contributed by atoms with van der Waals surface area (Å²) in [6.07, 6.45) is 1.81. The Labute approximate surface area is 141 Å². The number of hydrogen-bond acceptors (Lipinski definition) is 3. The summed E-state index contributed by atoms with van der Waals surface area (Å²) in [7, 11) is 0. The smallest absolute Gasteiger partial charge is 0.128 e. The standard InChI is InChI=1S/C21H20N2O/c1-13(2)11-12-16-20-19(14-7-3-4-8-15(14)21(16)24)22-17-9-5-6-10-18(17)23-20/h3-10,13,24H,11-12H2,1-2H3. The molecule has 120 valence electrons. The van der Waals surface area contributed by atoms with Gasteiger partial charge in [0.25, 0.3) is 0 Å². The van der Waals surface area contributed by atoms with Gasteiger partial charge in [-0.3, -0.25) is 0 Å². The topological polar surface area (TPSA) is 46.0 Å². The molecule has 0 fully saturated rings. The minimum Gasteiger partial charge on any atom is -0.507 e. The van der Waals surface area contributed by atoms with E-state index >= 15 is 0 Å². The maximum Gasteiger partial charge on any atom is 0.128 e. The molecule has 1 heterocycles. The lowest BCUT2D eigenvalue weighted by Crippen LogP contribution is -1.98. The Morgan fingerprint density at radius 3 is 2.08 bits per heavy atom. The Balaban J connectivity index is 2.12. The van der Waals surface area contributed by atoms with E-state index in [0.29, 0.717) is 11.7 Å². The first-order valence-electron chi connectivity index (χ1n) is 8.44. The van der Waals surface area contributed by atoms with Gasteiger partial charge in [0.05, 0.1) is 22.1 Å². The fraction of sp³-hybridized carbons (Fsp3) is 0.238. The number of phenolic OH excluding ortho intramolecular Hbond substituents is 1. The summed E-state index contributed by atoms with van der Waals surface area (Å²) in [5.41, 5.74) is 4.36. The van der Waals surface area contributed by atoms with Crippen LogP contribution in [0.3, 0.4) is 0 Å². The van der Waals surface area contributed by atoms with Crippen molar-refractivity contribution in [1.82, 2.24) is 9.97 Å². The number of phenols is 1. The maximum atomic E-state index is 10.9. The Bertz CT molecular complexity index is 1050. The fourth-order valence-corrected chi connectivity index (χ4v) is 3.24. The summed E-state index contributed by atoms with van der Waals surface area (Å²) in [4.78, 5) is 9.71. The van der Waals surface area contributed by atoms with Gasteiger partial charge in [-0.15, -0.1) is 0 Å². The number of hydrogen-bond donors (Lipinski definition) is 1. The summed E-state index contributed by atoms with van der Waals surface area (Å²) in [6.45, 7) is 4.39. The van der Waals surface area contributed by atoms with Crippen molar-refractivity contribution in [2.45, 2.75) is 26.7 Å². The number of rotatable bonds is 3. The second kappa shape index (κ2) is 5.75. The quantitative estimate of drug-likeness (QED) is 0.416. The Kier molecular flexibility index (Phi) is 3.57. The molecule has 0 aliphatic rings. The first kappa shape index (κ1) is 14.9. The van der Waals surface area contributed by atoms with E-state index in [4.69, 9.17) is 9.97 Å². The molecule has 3 heteroatoms. The van der Waals surface area contributed by atoms with Gasteiger partial charge >= 0.3 is 0 Å². The van der Waals surface area contributed by atoms with Crippen molar-refractivity contribution in [2.75, 3.05) is 0 Å². The van der Waals surface area contributed by atoms with Crippen LogP contribution in [0.4, 0.5) is 0 Å². The van der Waals surface area contributed by atoms with E-state index in [2.05, 4.69) is 13.8 Å². The van der Waals surface area contributed by atoms with E-state index in [-0.39, 0.29) is 0 Å². The molecule has 24 heavy (non-hydrogen) atoms. The average Bonchev–Trinajstić information content (AvgIpc) is 2.60. The van der Waals surface area contributed by atoms with E-state index in [1.165, 1.54) is 0 Å². The molecule has 0 aliphatic heterocycles. The number of nitrogens with zero attached hydrogens (tertiary/aromatic N) is 2. The molecule has 0 saturated heterocycles. The van der Waals surface area contributed by atoms with E-state index in [0.717, 1.165) is 51.2 Å². The molecule has 3 aromatic carbocycles. The number of aromatic hydroxyl groups is 1. The highest BCUT2D eigenvalue weighted by molar-refractivity contribution is 6.10. The van der Waals surface area contributed by atoms with Crippen LogP contribution in [0.25, 0.3) is 32.8 Å². The Hall–Kier alpha value is -2.68. The fourth-order valence-electron chi connectivity index (χ4n) is 3.24. The number of benzene rings is 3. The highest BCUT2D eigenvalue weighted by atomic mass is 16.3. The van der Waals surface area contributed by atoms with Crippen LogP contribution in [-0.2, 0) is 6.42 Å². The largest absolute Gasteiger partial charge is 0.507 e. The lowest BCUT2D eigenvalue weighted by molar-refractivity contribution is 0.471. The molecular formula is C21H20N2O. The predicted octanol–water partition coefficient (Wildman–Crippen LogP) is 5.23. The first-order chi connectivity index (χ1) is 11.6. The summed E-state index contributed by atoms with van der Waals surface area (Å²) in [5.74, 6) is 0.919. The summed E-state index contributed by atoms with van der Waals surface area (Å²) in [5, 5.41) is 12.7. The highest BCUT2D eigenvalue weighted by Gasteiger charge is 2.16. The van der Waals surface area contributed by atoms with Crippen LogP contribution >= 0.6 is 0 Å². The molecule has 1 N–H and O–H groups in total. The molecular weight excluding hydrogens is 296 g/mol. The Morgan fingerprint density at radius 2 is 1.42 bits per heavy atom. The van der Waals surface area contributed by atoms with Crippen molar-refractivity contribution < 1.29 is 5.11 Å². The zero-order chi connectivity index (χ0) is 16.7. The highest BCUT2D eigenvalue weighted by Crippen LogP contribution is 2.37. The predicted molar refractivity (Wildman–Crippen MR) is 99.4 cm³/mol. The monoisotopic (exact) mass is 316 g/mol. The van der Waals surface area contributed by atoms with Gasteiger partial charge in [-0.2, -0.15) is 0 Å². The van der Waals surface area contributed by atoms with Crippen LogP contribution in [0.5, 0.6) is 5.75 Å². The second-order valence-electron chi connectivity index (χ2n) is 6.71. The van der Waals surface area contributed by atoms with Crippen LogP contribution in [0, 0.1) is 5.92 Å². The maximum absolute atomic E-state index is 10.9. The minimum atomic E-state index is 0.350. The van der Waals surface area contributed by atoms with Gasteiger partial charge in [0.2, 0.25) is 0 Å². The molecule has 0 spiro atoms. The van der Waals surface area contributed by atoms with Crippen molar-refractivity contribution in [3.05, 3.63) is 54.1 Å². The summed E-state index contributed by atoms with van der Waals surface area (Å²) < 4.78 is 0. The number of fused-ring (bicyclic) bond motifs is 4. The van der Waals surface area contributed by atoms with Crippen LogP contribution < -0.4 is 0 Å². The van der Waals surface area contributed by atoms with E-state index in [1.54, 1.807) is 0 Å². The molecule has 0 unspecified atom stereocenters. The zero-order valence-corrected chi connectivity index (χ0v) is 14.0. The summed E-state index contributed by atoms with van der Waals surface area (Å²) in [6, 6.07) is 15.8. The van der Waals surface area contributed by atoms with Gasteiger partial charge in [0, 0.05) is 16.3 Å². The van der Waals surface area contributed by atoms with Crippen LogP contribution in [-0.4, -0.2) is 15.1 Å². The molecule has 0 atom stereocenters. The van der Waals surface area contributed by atoms with Crippen molar-refractivity contribution in [1.29, 1.82) is 0 Å². The third kappa shape index (κ3) is 2.37. The molecule has 0 bridgehead atoms. The summed E-state index contributed by atoms with van der Waals surface area (Å²) >= 11 is 0. The first-order valence-corrected chi connectivity index (χ1v) is 8.44. The molecule has 4 rings (SSSR count). The molecule has 0 radical (unpaired) electrons. The van der Waals surface area contributed by atoms with Crippen LogP contribution in [0.1, 0.15) is 25.8 Å². The molecule has 1 aromatic heterocycles. The molecule has 0 amide bonds. The van der Waals surface area contributed by atoms with Gasteiger partial charge < -0.3 is 5.11 Å². The minimum absolute atomic E-state index is 0.350. The number of aryl methyl sites for hydroxylation is 1. The van der Waals surface area contributed by atoms with Crippen molar-refractivity contribution in [3.8, 4) is 5.75 Å². The normalized spacial score (nSPS) is 11.8. The van der Waals surface area contributed by atoms with E-state index in [1.807, 2.05) is 48.5 Å². The SMILES string of the molecule is CC(C)CCc1c(O)c2ccccc2c2nc3ccccc3nc12. The molecule has 0 aliphatic carbocycles. The van der Waals surface area contributed by atoms with Gasteiger partial charge in [0.15, 0.2) is 0 Å². The van der Waals surface area contributed by atoms with Crippen molar-refractivity contribution in [3.63, 3.8) is 0 Å². The van der Waals surface area contributed by atoms with Crippen molar-refractivity contribution >= 4 is 32.8 Å². The molecule has 0 saturated carbocycles. The number of para-hydroxylation sites is 2. The average molecular weight is 316 g/mol. The molecule has 4 aromatic rings. The third-order valence-corrected chi connectivity index (χ3v) is 4.55. The Morgan fingerprint density at radius 1 is 0.833 bits per heavy atom. The van der Waals surface area contributed by atoms with Crippen LogP contribution in [0.15, 0.2) is 48.5 Å². The van der Waals surface area contributed by atoms with Gasteiger partial charge in [-0.25, -0.2) is 9.97 Å². The van der Waals surface area contributed by atoms with Gasteiger partial charge in [-0.1, -0.05) is 50.2 Å².